The first kappa shape index (κ1) is 48.1. The molecule has 1 fully saturated rings. The highest BCUT2D eigenvalue weighted by Crippen LogP contribution is 2.43. The van der Waals surface area contributed by atoms with Crippen molar-refractivity contribution in [2.75, 3.05) is 39.5 Å². The van der Waals surface area contributed by atoms with Gasteiger partial charge in [-0.15, -0.1) is 0 Å². The van der Waals surface area contributed by atoms with Crippen LogP contribution in [0.3, 0.4) is 0 Å². The monoisotopic (exact) mass is 812 g/mol. The van der Waals surface area contributed by atoms with Gasteiger partial charge in [0.15, 0.2) is 5.60 Å². The molecule has 57 heavy (non-hydrogen) atoms. The van der Waals surface area contributed by atoms with Gasteiger partial charge in [0.1, 0.15) is 42.2 Å². The van der Waals surface area contributed by atoms with Crippen LogP contribution < -0.4 is 15.9 Å². The lowest BCUT2D eigenvalue weighted by molar-refractivity contribution is -0.0397. The van der Waals surface area contributed by atoms with Crippen molar-refractivity contribution in [2.45, 2.75) is 160 Å². The number of fused-ring (bicyclic) bond motifs is 1. The van der Waals surface area contributed by atoms with E-state index in [1.165, 1.54) is 96.3 Å². The molecule has 2 aliphatic rings. The van der Waals surface area contributed by atoms with E-state index in [0.717, 1.165) is 43.3 Å². The smallest absolute Gasteiger partial charge is 0.330 e. The fraction of sp³-hybridized carbons (Fsp3) is 0.698. The van der Waals surface area contributed by atoms with Crippen LogP contribution in [-0.4, -0.2) is 66.3 Å². The number of nitrogens with zero attached hydrogens (tertiary/aromatic N) is 4. The van der Waals surface area contributed by atoms with E-state index < -0.39 is 14.2 Å². The number of rotatable bonds is 29. The van der Waals surface area contributed by atoms with E-state index in [0.29, 0.717) is 43.3 Å². The maximum atomic E-state index is 10.7. The lowest BCUT2D eigenvalue weighted by Gasteiger charge is -2.25. The number of nitriles is 2. The number of hydrogen-bond donors (Lipinski definition) is 4. The third-order valence-corrected chi connectivity index (χ3v) is 11.4. The summed E-state index contributed by atoms with van der Waals surface area (Å²) in [5.41, 5.74) is 11.0. The minimum absolute atomic E-state index is 0.122. The third kappa shape index (κ3) is 16.9. The Morgan fingerprint density at radius 2 is 1.58 bits per heavy atom. The third-order valence-electron chi connectivity index (χ3n) is 10.6. The van der Waals surface area contributed by atoms with Crippen LogP contribution in [0.2, 0.25) is 0 Å². The Labute approximate surface area is 342 Å². The van der Waals surface area contributed by atoms with Crippen LogP contribution in [0.4, 0.5) is 0 Å². The summed E-state index contributed by atoms with van der Waals surface area (Å²) in [5, 5.41) is 26.4. The van der Waals surface area contributed by atoms with Gasteiger partial charge in [0, 0.05) is 7.11 Å². The SMILES string of the molecule is CCCCCCCCCCCCCCCCCCCC(COP(O)OCC1(C#N)CCC(c2ccc3n2NCN=C3N)O1)OCc1ccc(C#N)c(OC)c1.CO. The van der Waals surface area contributed by atoms with Gasteiger partial charge in [0.2, 0.25) is 0 Å². The summed E-state index contributed by atoms with van der Waals surface area (Å²) >= 11 is 0. The van der Waals surface area contributed by atoms with E-state index in [9.17, 15) is 15.4 Å². The summed E-state index contributed by atoms with van der Waals surface area (Å²) in [7, 11) is 0.268. The molecule has 1 aromatic carbocycles. The Kier molecular flexibility index (Phi) is 23.8. The van der Waals surface area contributed by atoms with Crippen LogP contribution in [0.25, 0.3) is 0 Å². The molecular weight excluding hydrogens is 743 g/mol. The summed E-state index contributed by atoms with van der Waals surface area (Å²) in [6.45, 7) is 2.96. The molecule has 0 radical (unpaired) electrons. The normalized spacial score (nSPS) is 18.3. The van der Waals surface area contributed by atoms with Gasteiger partial charge in [-0.3, -0.25) is 4.68 Å². The second-order valence-corrected chi connectivity index (χ2v) is 15.9. The number of hydrogen-bond acceptors (Lipinski definition) is 12. The number of amidine groups is 1. The van der Waals surface area contributed by atoms with Crippen LogP contribution in [0.15, 0.2) is 35.3 Å². The highest BCUT2D eigenvalue weighted by molar-refractivity contribution is 7.40. The quantitative estimate of drug-likeness (QED) is 0.0453. The first-order valence-electron chi connectivity index (χ1n) is 21.1. The van der Waals surface area contributed by atoms with Gasteiger partial charge < -0.3 is 44.4 Å². The zero-order chi connectivity index (χ0) is 41.1. The van der Waals surface area contributed by atoms with Crippen molar-refractivity contribution in [3.8, 4) is 17.9 Å². The number of aliphatic hydroxyl groups is 1. The van der Waals surface area contributed by atoms with E-state index in [1.54, 1.807) is 13.2 Å². The number of unbranched alkanes of at least 4 members (excludes halogenated alkanes) is 16. The zero-order valence-corrected chi connectivity index (χ0v) is 35.7. The summed E-state index contributed by atoms with van der Waals surface area (Å²) in [6, 6.07) is 13.6. The molecule has 0 aliphatic carbocycles. The molecule has 4 atom stereocenters. The maximum Gasteiger partial charge on any atom is 0.330 e. The van der Waals surface area contributed by atoms with Crippen molar-refractivity contribution in [2.24, 2.45) is 10.7 Å². The summed E-state index contributed by atoms with van der Waals surface area (Å²) < 4.78 is 31.3. The number of nitrogens with two attached hydrogens (primary N) is 1. The summed E-state index contributed by atoms with van der Waals surface area (Å²) in [5.74, 6) is 0.954. The van der Waals surface area contributed by atoms with Crippen LogP contribution in [-0.2, 0) is 25.1 Å². The minimum Gasteiger partial charge on any atom is -0.495 e. The molecular formula is C43H69N6O7P. The van der Waals surface area contributed by atoms with Crippen LogP contribution in [0, 0.1) is 22.7 Å². The van der Waals surface area contributed by atoms with Crippen molar-refractivity contribution in [3.63, 3.8) is 0 Å². The molecule has 2 aliphatic heterocycles. The molecule has 1 aromatic heterocycles. The van der Waals surface area contributed by atoms with E-state index in [1.807, 2.05) is 28.9 Å². The fourth-order valence-electron chi connectivity index (χ4n) is 7.32. The largest absolute Gasteiger partial charge is 0.495 e. The van der Waals surface area contributed by atoms with Gasteiger partial charge in [-0.25, -0.2) is 4.99 Å². The lowest BCUT2D eigenvalue weighted by atomic mass is 10.0. The van der Waals surface area contributed by atoms with Gasteiger partial charge in [0.05, 0.1) is 44.3 Å². The zero-order valence-electron chi connectivity index (χ0n) is 34.8. The second-order valence-electron chi connectivity index (χ2n) is 14.9. The molecule has 3 heterocycles. The van der Waals surface area contributed by atoms with Crippen molar-refractivity contribution >= 4 is 14.4 Å². The predicted molar refractivity (Wildman–Crippen MR) is 225 cm³/mol. The number of aliphatic imine (C=N–C) groups is 1. The van der Waals surface area contributed by atoms with Gasteiger partial charge in [-0.05, 0) is 49.1 Å². The first-order valence-corrected chi connectivity index (χ1v) is 22.3. The number of methoxy groups -OCH3 is 1. The van der Waals surface area contributed by atoms with Crippen molar-refractivity contribution in [1.82, 2.24) is 4.68 Å². The predicted octanol–water partition coefficient (Wildman–Crippen LogP) is 9.19. The lowest BCUT2D eigenvalue weighted by Crippen LogP contribution is -2.34. The second kappa shape index (κ2) is 28.2. The summed E-state index contributed by atoms with van der Waals surface area (Å²) in [4.78, 5) is 15.0. The highest BCUT2D eigenvalue weighted by atomic mass is 31.2. The minimum atomic E-state index is -2.28. The van der Waals surface area contributed by atoms with Gasteiger partial charge in [0.25, 0.3) is 0 Å². The Morgan fingerprint density at radius 3 is 2.18 bits per heavy atom. The van der Waals surface area contributed by atoms with Gasteiger partial charge in [-0.1, -0.05) is 122 Å². The average Bonchev–Trinajstić information content (AvgIpc) is 3.88. The van der Waals surface area contributed by atoms with E-state index in [4.69, 9.17) is 34.1 Å². The molecule has 5 N–H and O–H groups in total. The average molecular weight is 813 g/mol. The standard InChI is InChI=1S/C42H65N6O6P.CH4O/c1-3-4-5-6-7-8-9-10-11-12-13-14-15-16-17-18-19-20-36(51-29-34-21-22-35(28-43)40(27-34)50-2)30-52-55(49)53-32-42(31-44)26-25-39(54-42)37-23-24-38-41(45)46-33-47-48(37)38;1-2/h21-24,27,36,39,47,49H,3-20,25-26,29-30,32-33H2,1-2H3,(H2,45,46);2H,1H3. The molecule has 4 rings (SSSR count). The van der Waals surface area contributed by atoms with E-state index in [2.05, 4.69) is 29.5 Å². The topological polar surface area (TPSA) is 190 Å². The Bertz CT molecular complexity index is 1530. The molecule has 14 heteroatoms. The molecule has 2 aromatic rings. The fourth-order valence-corrected chi connectivity index (χ4v) is 8.01. The van der Waals surface area contributed by atoms with Crippen LogP contribution in [0.1, 0.15) is 164 Å². The number of ether oxygens (including phenoxy) is 3. The maximum absolute atomic E-state index is 10.7. The number of aromatic nitrogens is 1. The van der Waals surface area contributed by atoms with Crippen molar-refractivity contribution in [3.05, 3.63) is 52.8 Å². The number of nitrogens with one attached hydrogen (secondary N) is 1. The first-order chi connectivity index (χ1) is 27.9. The molecule has 4 unspecified atom stereocenters. The van der Waals surface area contributed by atoms with E-state index >= 15 is 0 Å². The molecule has 13 nitrogen and oxygen atoms in total. The molecule has 0 spiro atoms. The molecule has 0 bridgehead atoms. The van der Waals surface area contributed by atoms with Crippen molar-refractivity contribution in [1.29, 1.82) is 10.5 Å². The molecule has 0 saturated carbocycles. The molecule has 318 valence electrons. The Balaban J connectivity index is 0.00000428. The highest BCUT2D eigenvalue weighted by Gasteiger charge is 2.43. The number of benzene rings is 1. The van der Waals surface area contributed by atoms with Crippen LogP contribution in [0.5, 0.6) is 5.75 Å². The van der Waals surface area contributed by atoms with Crippen LogP contribution >= 0.6 is 8.60 Å². The van der Waals surface area contributed by atoms with E-state index in [-0.39, 0.29) is 25.4 Å². The van der Waals surface area contributed by atoms with Gasteiger partial charge in [-0.2, -0.15) is 10.5 Å². The Morgan fingerprint density at radius 1 is 0.947 bits per heavy atom. The summed E-state index contributed by atoms with van der Waals surface area (Å²) in [6.07, 6.45) is 23.6. The van der Waals surface area contributed by atoms with Gasteiger partial charge >= 0.3 is 8.60 Å². The van der Waals surface area contributed by atoms with Crippen molar-refractivity contribution < 1.29 is 33.3 Å². The number of aliphatic hydroxyl groups excluding tert-OH is 1. The molecule has 0 amide bonds. The Hall–Kier alpha value is -3.26. The molecule has 1 saturated heterocycles.